The van der Waals surface area contributed by atoms with Crippen LogP contribution < -0.4 is 5.32 Å². The van der Waals surface area contributed by atoms with Gasteiger partial charge >= 0.3 is 0 Å². The molecule has 1 heterocycles. The Labute approximate surface area is 135 Å². The molecule has 0 unspecified atom stereocenters. The first kappa shape index (κ1) is 13.6. The molecule has 1 aromatic heterocycles. The summed E-state index contributed by atoms with van der Waals surface area (Å²) in [6.45, 7) is 0.548. The third kappa shape index (κ3) is 2.86. The van der Waals surface area contributed by atoms with E-state index in [9.17, 15) is 4.79 Å². The molecule has 0 saturated carbocycles. The number of benzene rings is 2. The number of hydrogen-bond acceptors (Lipinski definition) is 2. The number of halogens is 1. The van der Waals surface area contributed by atoms with Crippen molar-refractivity contribution in [3.8, 4) is 0 Å². The molecule has 3 rings (SSSR count). The zero-order valence-corrected chi connectivity index (χ0v) is 13.6. The molecule has 0 saturated heterocycles. The molecular formula is C16H12INOS. The molecule has 4 heteroatoms. The number of rotatable bonds is 3. The van der Waals surface area contributed by atoms with Crippen LogP contribution in [0, 0.1) is 2.88 Å². The first-order valence-corrected chi connectivity index (χ1v) is 8.19. The highest BCUT2D eigenvalue weighted by Gasteiger charge is 2.08. The lowest BCUT2D eigenvalue weighted by molar-refractivity contribution is 0.0951. The predicted molar refractivity (Wildman–Crippen MR) is 92.2 cm³/mol. The van der Waals surface area contributed by atoms with Gasteiger partial charge in [-0.25, -0.2) is 0 Å². The Morgan fingerprint density at radius 1 is 1.15 bits per heavy atom. The lowest BCUT2D eigenvalue weighted by atomic mass is 10.0. The molecule has 1 N–H and O–H groups in total. The molecule has 0 aliphatic carbocycles. The molecular weight excluding hydrogens is 381 g/mol. The van der Waals surface area contributed by atoms with Crippen molar-refractivity contribution in [1.82, 2.24) is 5.32 Å². The summed E-state index contributed by atoms with van der Waals surface area (Å²) >= 11 is 3.81. The Morgan fingerprint density at radius 2 is 1.95 bits per heavy atom. The van der Waals surface area contributed by atoms with Crippen LogP contribution in [0.3, 0.4) is 0 Å². The van der Waals surface area contributed by atoms with Crippen molar-refractivity contribution in [3.63, 3.8) is 0 Å². The fourth-order valence-corrected chi connectivity index (χ4v) is 3.48. The number of carbonyl (C=O) groups excluding carboxylic acids is 1. The van der Waals surface area contributed by atoms with Crippen molar-refractivity contribution in [1.29, 1.82) is 0 Å². The summed E-state index contributed by atoms with van der Waals surface area (Å²) in [5, 5.41) is 7.26. The molecule has 100 valence electrons. The summed E-state index contributed by atoms with van der Waals surface area (Å²) < 4.78 is 1.12. The fraction of sp³-hybridized carbons (Fsp3) is 0.0625. The molecule has 0 bridgehead atoms. The van der Waals surface area contributed by atoms with Crippen LogP contribution in [0.25, 0.3) is 10.8 Å². The lowest BCUT2D eigenvalue weighted by Gasteiger charge is -2.07. The van der Waals surface area contributed by atoms with Crippen LogP contribution in [0.1, 0.15) is 15.9 Å². The topological polar surface area (TPSA) is 29.1 Å². The van der Waals surface area contributed by atoms with Crippen LogP contribution in [0.5, 0.6) is 0 Å². The Balaban J connectivity index is 1.79. The van der Waals surface area contributed by atoms with Crippen LogP contribution in [-0.4, -0.2) is 5.91 Å². The van der Waals surface area contributed by atoms with Gasteiger partial charge in [-0.05, 0) is 45.0 Å². The average Bonchev–Trinajstić information content (AvgIpc) is 2.91. The standard InChI is InChI=1S/C16H12INOS/c17-15-8-13(10-20-15)16(19)18-9-12-6-3-5-11-4-1-2-7-14(11)12/h1-8,10H,9H2,(H,18,19). The van der Waals surface area contributed by atoms with Crippen LogP contribution in [-0.2, 0) is 6.54 Å². The van der Waals surface area contributed by atoms with Crippen molar-refractivity contribution in [3.05, 3.63) is 67.9 Å². The minimum Gasteiger partial charge on any atom is -0.348 e. The van der Waals surface area contributed by atoms with E-state index in [1.54, 1.807) is 11.3 Å². The van der Waals surface area contributed by atoms with Gasteiger partial charge in [0.15, 0.2) is 0 Å². The fourth-order valence-electron chi connectivity index (χ4n) is 2.15. The number of thiophene rings is 1. The Bertz CT molecular complexity index is 761. The normalized spacial score (nSPS) is 10.7. The summed E-state index contributed by atoms with van der Waals surface area (Å²) in [7, 11) is 0. The van der Waals surface area contributed by atoms with Crippen molar-refractivity contribution < 1.29 is 4.79 Å². The van der Waals surface area contributed by atoms with Crippen molar-refractivity contribution in [2.45, 2.75) is 6.54 Å². The van der Waals surface area contributed by atoms with Crippen LogP contribution in [0.4, 0.5) is 0 Å². The molecule has 0 atom stereocenters. The predicted octanol–water partition coefficient (Wildman–Crippen LogP) is 4.44. The van der Waals surface area contributed by atoms with Gasteiger partial charge in [-0.3, -0.25) is 4.79 Å². The molecule has 2 aromatic carbocycles. The maximum Gasteiger partial charge on any atom is 0.252 e. The van der Waals surface area contributed by atoms with E-state index < -0.39 is 0 Å². The van der Waals surface area contributed by atoms with Gasteiger partial charge in [-0.1, -0.05) is 42.5 Å². The molecule has 0 fully saturated rings. The second-order valence-corrected chi connectivity index (χ2v) is 7.27. The summed E-state index contributed by atoms with van der Waals surface area (Å²) in [5.74, 6) is -0.0166. The molecule has 2 nitrogen and oxygen atoms in total. The second kappa shape index (κ2) is 5.93. The van der Waals surface area contributed by atoms with Crippen molar-refractivity contribution in [2.24, 2.45) is 0 Å². The van der Waals surface area contributed by atoms with Crippen molar-refractivity contribution in [2.75, 3.05) is 0 Å². The van der Waals surface area contributed by atoms with Gasteiger partial charge in [0.05, 0.1) is 8.45 Å². The molecule has 20 heavy (non-hydrogen) atoms. The minimum absolute atomic E-state index is 0.0166. The van der Waals surface area contributed by atoms with Gasteiger partial charge in [0.25, 0.3) is 5.91 Å². The SMILES string of the molecule is O=C(NCc1cccc2ccccc12)c1csc(I)c1. The minimum atomic E-state index is -0.0166. The van der Waals surface area contributed by atoms with Gasteiger partial charge in [0.1, 0.15) is 0 Å². The molecule has 1 amide bonds. The lowest BCUT2D eigenvalue weighted by Crippen LogP contribution is -2.22. The van der Waals surface area contributed by atoms with E-state index in [2.05, 4.69) is 52.2 Å². The first-order valence-electron chi connectivity index (χ1n) is 6.23. The quantitative estimate of drug-likeness (QED) is 0.656. The Morgan fingerprint density at radius 3 is 2.75 bits per heavy atom. The molecule has 0 spiro atoms. The van der Waals surface area contributed by atoms with Gasteiger partial charge in [-0.15, -0.1) is 11.3 Å². The average molecular weight is 393 g/mol. The monoisotopic (exact) mass is 393 g/mol. The summed E-state index contributed by atoms with van der Waals surface area (Å²) in [6.07, 6.45) is 0. The summed E-state index contributed by atoms with van der Waals surface area (Å²) in [5.41, 5.74) is 1.88. The highest BCUT2D eigenvalue weighted by atomic mass is 127. The van der Waals surface area contributed by atoms with Gasteiger partial charge < -0.3 is 5.32 Å². The number of hydrogen-bond donors (Lipinski definition) is 1. The molecule has 0 aliphatic rings. The van der Waals surface area contributed by atoms with E-state index in [4.69, 9.17) is 0 Å². The van der Waals surface area contributed by atoms with E-state index >= 15 is 0 Å². The zero-order valence-electron chi connectivity index (χ0n) is 10.6. The summed E-state index contributed by atoms with van der Waals surface area (Å²) in [4.78, 5) is 12.1. The number of amides is 1. The summed E-state index contributed by atoms with van der Waals surface area (Å²) in [6, 6.07) is 16.3. The van der Waals surface area contributed by atoms with E-state index in [1.165, 1.54) is 10.8 Å². The Hall–Kier alpha value is -1.40. The Kier molecular flexibility index (Phi) is 4.03. The largest absolute Gasteiger partial charge is 0.348 e. The third-order valence-electron chi connectivity index (χ3n) is 3.15. The maximum atomic E-state index is 12.1. The van der Waals surface area contributed by atoms with E-state index in [-0.39, 0.29) is 5.91 Å². The van der Waals surface area contributed by atoms with Crippen LogP contribution in [0.15, 0.2) is 53.9 Å². The van der Waals surface area contributed by atoms with Gasteiger partial charge in [0.2, 0.25) is 0 Å². The third-order valence-corrected chi connectivity index (χ3v) is 4.94. The van der Waals surface area contributed by atoms with Crippen LogP contribution in [0.2, 0.25) is 0 Å². The van der Waals surface area contributed by atoms with Crippen molar-refractivity contribution >= 4 is 50.6 Å². The number of fused-ring (bicyclic) bond motifs is 1. The smallest absolute Gasteiger partial charge is 0.252 e. The number of carbonyl (C=O) groups is 1. The number of nitrogens with one attached hydrogen (secondary N) is 1. The first-order chi connectivity index (χ1) is 9.74. The molecule has 3 aromatic rings. The second-order valence-electron chi connectivity index (χ2n) is 4.46. The maximum absolute atomic E-state index is 12.1. The molecule has 0 aliphatic heterocycles. The molecule has 0 radical (unpaired) electrons. The van der Waals surface area contributed by atoms with Crippen LogP contribution >= 0.6 is 33.9 Å². The van der Waals surface area contributed by atoms with E-state index in [0.29, 0.717) is 6.54 Å². The highest BCUT2D eigenvalue weighted by molar-refractivity contribution is 14.1. The zero-order chi connectivity index (χ0) is 13.9. The van der Waals surface area contributed by atoms with E-state index in [0.717, 1.165) is 14.0 Å². The van der Waals surface area contributed by atoms with Gasteiger partial charge in [-0.2, -0.15) is 0 Å². The highest BCUT2D eigenvalue weighted by Crippen LogP contribution is 2.19. The van der Waals surface area contributed by atoms with Gasteiger partial charge in [0, 0.05) is 11.9 Å². The van der Waals surface area contributed by atoms with E-state index in [1.807, 2.05) is 29.6 Å².